The lowest BCUT2D eigenvalue weighted by molar-refractivity contribution is -0.118. The second kappa shape index (κ2) is 4.75. The van der Waals surface area contributed by atoms with Crippen LogP contribution < -0.4 is 16.8 Å². The summed E-state index contributed by atoms with van der Waals surface area (Å²) in [6, 6.07) is 3.90. The number of benzene rings is 1. The number of amides is 1. The van der Waals surface area contributed by atoms with Gasteiger partial charge in [0.15, 0.2) is 0 Å². The van der Waals surface area contributed by atoms with Gasteiger partial charge in [0, 0.05) is 6.54 Å². The average molecular weight is 211 g/mol. The summed E-state index contributed by atoms with van der Waals surface area (Å²) < 4.78 is 13.3. The molecule has 1 rings (SSSR count). The standard InChI is InChI=1S/C10H14FN3O/c1-6-3-2-4-7(11)9(6)14-5-8(12)10(13)15/h2-4,8,14H,5,12H2,1H3,(H2,13,15). The summed E-state index contributed by atoms with van der Waals surface area (Å²) >= 11 is 0. The minimum absolute atomic E-state index is 0.122. The molecule has 0 saturated carbocycles. The predicted molar refractivity (Wildman–Crippen MR) is 56.8 cm³/mol. The Morgan fingerprint density at radius 2 is 2.27 bits per heavy atom. The van der Waals surface area contributed by atoms with Crippen molar-refractivity contribution in [2.45, 2.75) is 13.0 Å². The SMILES string of the molecule is Cc1cccc(F)c1NCC(N)C(N)=O. The van der Waals surface area contributed by atoms with E-state index in [-0.39, 0.29) is 12.4 Å². The summed E-state index contributed by atoms with van der Waals surface area (Å²) in [4.78, 5) is 10.7. The maximum atomic E-state index is 13.3. The van der Waals surface area contributed by atoms with E-state index in [4.69, 9.17) is 11.5 Å². The number of primary amides is 1. The fourth-order valence-electron chi connectivity index (χ4n) is 1.17. The Kier molecular flexibility index (Phi) is 3.62. The molecular formula is C10H14FN3O. The first kappa shape index (κ1) is 11.5. The van der Waals surface area contributed by atoms with Crippen molar-refractivity contribution in [3.8, 4) is 0 Å². The Balaban J connectivity index is 2.69. The van der Waals surface area contributed by atoms with Crippen LogP contribution in [-0.2, 0) is 4.79 Å². The molecule has 5 N–H and O–H groups in total. The molecule has 0 saturated heterocycles. The van der Waals surface area contributed by atoms with Gasteiger partial charge in [-0.1, -0.05) is 12.1 Å². The van der Waals surface area contributed by atoms with Gasteiger partial charge in [-0.05, 0) is 18.6 Å². The number of hydrogen-bond donors (Lipinski definition) is 3. The summed E-state index contributed by atoms with van der Waals surface area (Å²) in [5, 5.41) is 2.76. The number of aryl methyl sites for hydroxylation is 1. The molecule has 0 bridgehead atoms. The van der Waals surface area contributed by atoms with Crippen LogP contribution in [0.15, 0.2) is 18.2 Å². The van der Waals surface area contributed by atoms with Crippen LogP contribution in [-0.4, -0.2) is 18.5 Å². The van der Waals surface area contributed by atoms with E-state index in [1.54, 1.807) is 19.1 Å². The molecule has 1 amide bonds. The topological polar surface area (TPSA) is 81.1 Å². The third kappa shape index (κ3) is 2.92. The van der Waals surface area contributed by atoms with Gasteiger partial charge in [-0.25, -0.2) is 4.39 Å². The molecule has 82 valence electrons. The minimum atomic E-state index is -0.816. The van der Waals surface area contributed by atoms with Gasteiger partial charge >= 0.3 is 0 Å². The molecule has 0 fully saturated rings. The first-order chi connectivity index (χ1) is 7.02. The lowest BCUT2D eigenvalue weighted by Crippen LogP contribution is -2.41. The van der Waals surface area contributed by atoms with Gasteiger partial charge < -0.3 is 16.8 Å². The van der Waals surface area contributed by atoms with Gasteiger partial charge in [-0.3, -0.25) is 4.79 Å². The van der Waals surface area contributed by atoms with Crippen LogP contribution in [0.3, 0.4) is 0 Å². The Hall–Kier alpha value is -1.62. The molecule has 0 aliphatic heterocycles. The van der Waals surface area contributed by atoms with Crippen LogP contribution in [0.25, 0.3) is 0 Å². The van der Waals surface area contributed by atoms with E-state index in [1.165, 1.54) is 6.07 Å². The fourth-order valence-corrected chi connectivity index (χ4v) is 1.17. The molecule has 1 aromatic carbocycles. The second-order valence-electron chi connectivity index (χ2n) is 3.32. The molecule has 5 heteroatoms. The van der Waals surface area contributed by atoms with E-state index in [9.17, 15) is 9.18 Å². The highest BCUT2D eigenvalue weighted by Crippen LogP contribution is 2.18. The van der Waals surface area contributed by atoms with Gasteiger partial charge in [0.25, 0.3) is 0 Å². The average Bonchev–Trinajstić information content (AvgIpc) is 2.16. The van der Waals surface area contributed by atoms with Crippen molar-refractivity contribution in [1.82, 2.24) is 0 Å². The van der Waals surface area contributed by atoms with Crippen LogP contribution in [0, 0.1) is 12.7 Å². The number of rotatable bonds is 4. The Morgan fingerprint density at radius 3 is 2.80 bits per heavy atom. The molecule has 0 aromatic heterocycles. The third-order valence-electron chi connectivity index (χ3n) is 2.09. The van der Waals surface area contributed by atoms with Crippen molar-refractivity contribution in [2.75, 3.05) is 11.9 Å². The van der Waals surface area contributed by atoms with E-state index >= 15 is 0 Å². The van der Waals surface area contributed by atoms with Crippen molar-refractivity contribution >= 4 is 11.6 Å². The van der Waals surface area contributed by atoms with Crippen molar-refractivity contribution in [1.29, 1.82) is 0 Å². The Morgan fingerprint density at radius 1 is 1.60 bits per heavy atom. The van der Waals surface area contributed by atoms with Crippen molar-refractivity contribution in [3.63, 3.8) is 0 Å². The normalized spacial score (nSPS) is 12.2. The lowest BCUT2D eigenvalue weighted by Gasteiger charge is -2.13. The minimum Gasteiger partial charge on any atom is -0.380 e. The van der Waals surface area contributed by atoms with Crippen LogP contribution in [0.2, 0.25) is 0 Å². The highest BCUT2D eigenvalue weighted by Gasteiger charge is 2.10. The summed E-state index contributed by atoms with van der Waals surface area (Å²) in [7, 11) is 0. The number of anilines is 1. The van der Waals surface area contributed by atoms with Crippen LogP contribution in [0.4, 0.5) is 10.1 Å². The lowest BCUT2D eigenvalue weighted by atomic mass is 10.2. The number of nitrogens with one attached hydrogen (secondary N) is 1. The third-order valence-corrected chi connectivity index (χ3v) is 2.09. The first-order valence-corrected chi connectivity index (χ1v) is 4.56. The second-order valence-corrected chi connectivity index (χ2v) is 3.32. The smallest absolute Gasteiger partial charge is 0.236 e. The van der Waals surface area contributed by atoms with E-state index in [1.807, 2.05) is 0 Å². The molecule has 0 aliphatic carbocycles. The zero-order valence-corrected chi connectivity index (χ0v) is 8.46. The van der Waals surface area contributed by atoms with Gasteiger partial charge in [0.2, 0.25) is 5.91 Å². The molecule has 1 aromatic rings. The predicted octanol–water partition coefficient (Wildman–Crippen LogP) is 0.359. The quantitative estimate of drug-likeness (QED) is 0.672. The summed E-state index contributed by atoms with van der Waals surface area (Å²) in [6.07, 6.45) is 0. The maximum Gasteiger partial charge on any atom is 0.236 e. The summed E-state index contributed by atoms with van der Waals surface area (Å²) in [5.74, 6) is -0.983. The molecule has 0 radical (unpaired) electrons. The Labute approximate surface area is 87.4 Å². The van der Waals surface area contributed by atoms with Gasteiger partial charge in [-0.2, -0.15) is 0 Å². The van der Waals surface area contributed by atoms with Crippen LogP contribution >= 0.6 is 0 Å². The molecule has 15 heavy (non-hydrogen) atoms. The molecule has 1 atom stereocenters. The van der Waals surface area contributed by atoms with Crippen molar-refractivity contribution < 1.29 is 9.18 Å². The number of carbonyl (C=O) groups excluding carboxylic acids is 1. The zero-order valence-electron chi connectivity index (χ0n) is 8.46. The maximum absolute atomic E-state index is 13.3. The summed E-state index contributed by atoms with van der Waals surface area (Å²) in [6.45, 7) is 1.89. The number of halogens is 1. The number of carbonyl (C=O) groups is 1. The largest absolute Gasteiger partial charge is 0.380 e. The Bertz CT molecular complexity index is 347. The molecule has 1 unspecified atom stereocenters. The van der Waals surface area contributed by atoms with E-state index in [0.717, 1.165) is 5.56 Å². The van der Waals surface area contributed by atoms with Gasteiger partial charge in [0.1, 0.15) is 11.9 Å². The number of para-hydroxylation sites is 1. The highest BCUT2D eigenvalue weighted by molar-refractivity contribution is 5.80. The van der Waals surface area contributed by atoms with E-state index in [2.05, 4.69) is 5.32 Å². The van der Waals surface area contributed by atoms with E-state index in [0.29, 0.717) is 5.69 Å². The van der Waals surface area contributed by atoms with Crippen molar-refractivity contribution in [2.24, 2.45) is 11.5 Å². The molecule has 4 nitrogen and oxygen atoms in total. The van der Waals surface area contributed by atoms with Crippen molar-refractivity contribution in [3.05, 3.63) is 29.6 Å². The monoisotopic (exact) mass is 211 g/mol. The van der Waals surface area contributed by atoms with Gasteiger partial charge in [0.05, 0.1) is 5.69 Å². The number of hydrogen-bond acceptors (Lipinski definition) is 3. The van der Waals surface area contributed by atoms with Crippen LogP contribution in [0.5, 0.6) is 0 Å². The first-order valence-electron chi connectivity index (χ1n) is 4.56. The molecule has 0 spiro atoms. The fraction of sp³-hybridized carbons (Fsp3) is 0.300. The zero-order chi connectivity index (χ0) is 11.4. The highest BCUT2D eigenvalue weighted by atomic mass is 19.1. The van der Waals surface area contributed by atoms with Gasteiger partial charge in [-0.15, -0.1) is 0 Å². The molecule has 0 heterocycles. The molecular weight excluding hydrogens is 197 g/mol. The summed E-state index contributed by atoms with van der Waals surface area (Å²) in [5.41, 5.74) is 11.5. The van der Waals surface area contributed by atoms with Crippen LogP contribution in [0.1, 0.15) is 5.56 Å². The number of nitrogens with two attached hydrogens (primary N) is 2. The van der Waals surface area contributed by atoms with E-state index < -0.39 is 11.9 Å². The molecule has 0 aliphatic rings.